The van der Waals surface area contributed by atoms with Gasteiger partial charge in [0.15, 0.2) is 0 Å². The van der Waals surface area contributed by atoms with Crippen LogP contribution in [0.1, 0.15) is 179 Å². The molecule has 2 atom stereocenters. The molecule has 394 valence electrons. The van der Waals surface area contributed by atoms with Gasteiger partial charge in [-0.2, -0.15) is 0 Å². The number of nitrogens with zero attached hydrogens (tertiary/aromatic N) is 1. The zero-order valence-electron chi connectivity index (χ0n) is 45.0. The molecule has 0 spiro atoms. The van der Waals surface area contributed by atoms with Gasteiger partial charge in [0.2, 0.25) is 11.8 Å². The van der Waals surface area contributed by atoms with Crippen LogP contribution in [0.15, 0.2) is 6.07 Å². The van der Waals surface area contributed by atoms with Crippen molar-refractivity contribution < 1.29 is 59.4 Å². The number of amides is 6. The first-order valence-electron chi connectivity index (χ1n) is 24.3. The van der Waals surface area contributed by atoms with Gasteiger partial charge in [-0.05, 0) is 81.3 Å². The number of aliphatic hydroxyl groups is 6. The molecule has 3 rings (SSSR count). The van der Waals surface area contributed by atoms with Crippen molar-refractivity contribution in [1.82, 2.24) is 20.9 Å². The van der Waals surface area contributed by atoms with E-state index in [1.165, 1.54) is 6.07 Å². The zero-order chi connectivity index (χ0) is 54.4. The monoisotopic (exact) mass is 969 g/mol. The molecule has 1 aliphatic heterocycles. The van der Waals surface area contributed by atoms with E-state index < -0.39 is 80.1 Å². The van der Waals surface area contributed by atoms with Crippen LogP contribution >= 0.6 is 0 Å². The maximum absolute atomic E-state index is 14.1. The molecule has 1 heterocycles. The number of hydrogen-bond acceptors (Lipinski definition) is 12. The van der Waals surface area contributed by atoms with Crippen LogP contribution in [0.5, 0.6) is 0 Å². The van der Waals surface area contributed by atoms with Crippen molar-refractivity contribution in [1.29, 1.82) is 0 Å². The topological polar surface area (TPSA) is 287 Å². The first-order chi connectivity index (χ1) is 32.5. The molecule has 1 aliphatic rings. The summed E-state index contributed by atoms with van der Waals surface area (Å²) in [5.74, 6) is -3.87. The van der Waals surface area contributed by atoms with Crippen LogP contribution in [0.3, 0.4) is 0 Å². The standard InChI is InChI=1S/C36H50N6O12.7C2H6/c1-17-25(10-26(40-27(49)15-45)18(2)29(17)34(52)37-11-23(47)13-43)33(51)39-22-6-8-42(9-7-22)36(54)31-19(3)30(35(53)38-12-24(48)14-44)20(4)32(21(31)5)41-28(50)16-46;7*1-2/h10,22-24,43-48H,6-9,11-16H2,1-5H3,(H,37,52)(H,38,53)(H,39,51)(H,40,49)(H,41,50);7*1-2H3. The summed E-state index contributed by atoms with van der Waals surface area (Å²) in [6, 6.07) is 0.966. The van der Waals surface area contributed by atoms with Crippen LogP contribution in [0.4, 0.5) is 11.4 Å². The van der Waals surface area contributed by atoms with Gasteiger partial charge in [0.25, 0.3) is 23.6 Å². The fourth-order valence-corrected chi connectivity index (χ4v) is 6.43. The molecule has 18 heteroatoms. The van der Waals surface area contributed by atoms with E-state index in [9.17, 15) is 49.2 Å². The van der Waals surface area contributed by atoms with Crippen molar-refractivity contribution in [3.05, 3.63) is 56.1 Å². The predicted octanol–water partition coefficient (Wildman–Crippen LogP) is 5.47. The smallest absolute Gasteiger partial charge is 0.254 e. The van der Waals surface area contributed by atoms with Crippen molar-refractivity contribution in [2.24, 2.45) is 0 Å². The SMILES string of the molecule is CC.CC.CC.CC.CC.CC.CC.Cc1c(NC(=O)CO)cc(C(=O)NC2CCN(C(=O)c3c(C)c(NC(=O)CO)c(C)c(C(=O)NCC(O)CO)c3C)CC2)c(C)c1C(=O)NCC(O)CO. The molecule has 0 aliphatic carbocycles. The second-order valence-corrected chi connectivity index (χ2v) is 13.1. The van der Waals surface area contributed by atoms with Gasteiger partial charge in [0.05, 0.1) is 25.4 Å². The number of likely N-dealkylation sites (tertiary alicyclic amines) is 1. The largest absolute Gasteiger partial charge is 0.394 e. The summed E-state index contributed by atoms with van der Waals surface area (Å²) in [5.41, 5.74) is 2.19. The highest BCUT2D eigenvalue weighted by Crippen LogP contribution is 2.33. The van der Waals surface area contributed by atoms with Crippen molar-refractivity contribution >= 4 is 46.8 Å². The Hall–Kier alpha value is -4.98. The summed E-state index contributed by atoms with van der Waals surface area (Å²) in [4.78, 5) is 80.1. The summed E-state index contributed by atoms with van der Waals surface area (Å²) >= 11 is 0. The average molecular weight is 969 g/mol. The first kappa shape index (κ1) is 72.0. The number of anilines is 2. The summed E-state index contributed by atoms with van der Waals surface area (Å²) in [6.45, 7) is 32.8. The van der Waals surface area contributed by atoms with E-state index in [1.54, 1.807) is 39.5 Å². The molecule has 0 aromatic heterocycles. The molecule has 11 N–H and O–H groups in total. The molecule has 18 nitrogen and oxygen atoms in total. The maximum Gasteiger partial charge on any atom is 0.254 e. The summed E-state index contributed by atoms with van der Waals surface area (Å²) in [6.07, 6.45) is -1.82. The lowest BCUT2D eigenvalue weighted by Crippen LogP contribution is -2.47. The second kappa shape index (κ2) is 42.1. The Bertz CT molecular complexity index is 1780. The van der Waals surface area contributed by atoms with E-state index in [-0.39, 0.29) is 65.4 Å². The van der Waals surface area contributed by atoms with Gasteiger partial charge in [-0.3, -0.25) is 28.8 Å². The van der Waals surface area contributed by atoms with Gasteiger partial charge in [-0.15, -0.1) is 0 Å². The lowest BCUT2D eigenvalue weighted by Gasteiger charge is -2.34. The Morgan fingerprint density at radius 3 is 1.32 bits per heavy atom. The van der Waals surface area contributed by atoms with Crippen LogP contribution in [-0.4, -0.2) is 142 Å². The molecule has 0 saturated carbocycles. The van der Waals surface area contributed by atoms with E-state index >= 15 is 0 Å². The molecule has 68 heavy (non-hydrogen) atoms. The molecule has 6 amide bonds. The predicted molar refractivity (Wildman–Crippen MR) is 275 cm³/mol. The number of piperidine rings is 1. The Morgan fingerprint density at radius 2 is 0.926 bits per heavy atom. The highest BCUT2D eigenvalue weighted by Gasteiger charge is 2.32. The van der Waals surface area contributed by atoms with E-state index in [4.69, 9.17) is 10.2 Å². The lowest BCUT2D eigenvalue weighted by atomic mass is 9.89. The van der Waals surface area contributed by atoms with Crippen molar-refractivity contribution in [3.8, 4) is 0 Å². The molecule has 2 unspecified atom stereocenters. The Kier molecular flexibility index (Phi) is 44.6. The molecular weight excluding hydrogens is 877 g/mol. The summed E-state index contributed by atoms with van der Waals surface area (Å²) in [7, 11) is 0. The van der Waals surface area contributed by atoms with Crippen molar-refractivity contribution in [2.75, 3.05) is 63.2 Å². The van der Waals surface area contributed by atoms with Crippen LogP contribution in [0, 0.1) is 34.6 Å². The molecule has 2 aromatic carbocycles. The van der Waals surface area contributed by atoms with E-state index in [1.807, 2.05) is 96.9 Å². The summed E-state index contributed by atoms with van der Waals surface area (Å²) < 4.78 is 0. The number of carbonyl (C=O) groups is 6. The van der Waals surface area contributed by atoms with Crippen LogP contribution in [-0.2, 0) is 9.59 Å². The Morgan fingerprint density at radius 1 is 0.544 bits per heavy atom. The molecule has 1 saturated heterocycles. The normalized spacial score (nSPS) is 11.9. The summed E-state index contributed by atoms with van der Waals surface area (Å²) in [5, 5.41) is 69.5. The van der Waals surface area contributed by atoms with Gasteiger partial charge in [0.1, 0.15) is 13.2 Å². The average Bonchev–Trinajstić information content (AvgIpc) is 3.38. The minimum atomic E-state index is -1.22. The third-order valence-electron chi connectivity index (χ3n) is 9.37. The van der Waals surface area contributed by atoms with Crippen LogP contribution < -0.4 is 26.6 Å². The van der Waals surface area contributed by atoms with Gasteiger partial charge in [-0.1, -0.05) is 96.9 Å². The second-order valence-electron chi connectivity index (χ2n) is 13.1. The Labute approximate surface area is 408 Å². The fourth-order valence-electron chi connectivity index (χ4n) is 6.43. The number of nitrogens with one attached hydrogen (secondary N) is 5. The maximum atomic E-state index is 14.1. The van der Waals surface area contributed by atoms with E-state index in [0.717, 1.165) is 0 Å². The number of aliphatic hydroxyl groups excluding tert-OH is 6. The minimum Gasteiger partial charge on any atom is -0.394 e. The molecule has 2 aromatic rings. The number of rotatable bonds is 15. The first-order valence-corrected chi connectivity index (χ1v) is 24.3. The van der Waals surface area contributed by atoms with Crippen molar-refractivity contribution in [3.63, 3.8) is 0 Å². The van der Waals surface area contributed by atoms with Gasteiger partial charge >= 0.3 is 0 Å². The van der Waals surface area contributed by atoms with Gasteiger partial charge < -0.3 is 62.1 Å². The highest BCUT2D eigenvalue weighted by molar-refractivity contribution is 6.08. The molecule has 0 radical (unpaired) electrons. The number of carbonyl (C=O) groups excluding carboxylic acids is 6. The molecular formula is C50H92N6O12. The fraction of sp³-hybridized carbons (Fsp3) is 0.640. The molecule has 1 fully saturated rings. The van der Waals surface area contributed by atoms with E-state index in [2.05, 4.69) is 26.6 Å². The number of benzene rings is 2. The zero-order valence-corrected chi connectivity index (χ0v) is 45.0. The quantitative estimate of drug-likeness (QED) is 0.106. The lowest BCUT2D eigenvalue weighted by molar-refractivity contribution is -0.119. The third kappa shape index (κ3) is 22.4. The van der Waals surface area contributed by atoms with Gasteiger partial charge in [-0.25, -0.2) is 0 Å². The Balaban J connectivity index is -0.000000862. The van der Waals surface area contributed by atoms with Gasteiger partial charge in [0, 0.05) is 65.8 Å². The van der Waals surface area contributed by atoms with Crippen LogP contribution in [0.25, 0.3) is 0 Å². The van der Waals surface area contributed by atoms with Crippen LogP contribution in [0.2, 0.25) is 0 Å². The minimum absolute atomic E-state index is 0.0532. The third-order valence-corrected chi connectivity index (χ3v) is 9.37. The number of hydrogen-bond donors (Lipinski definition) is 11. The highest BCUT2D eigenvalue weighted by atomic mass is 16.3. The van der Waals surface area contributed by atoms with E-state index in [0.29, 0.717) is 35.1 Å². The van der Waals surface area contributed by atoms with Crippen molar-refractivity contribution in [2.45, 2.75) is 163 Å². The molecule has 0 bridgehead atoms.